The van der Waals surface area contributed by atoms with Crippen LogP contribution in [0.4, 0.5) is 11.4 Å². The van der Waals surface area contributed by atoms with Crippen molar-refractivity contribution in [1.29, 1.82) is 0 Å². The molecule has 0 unspecified atom stereocenters. The SMILES string of the molecule is COc1ccc(S(=O)(=O)Nc2cccc(OC(C)C)c2)cc1N1CCCC1=O. The van der Waals surface area contributed by atoms with E-state index in [1.54, 1.807) is 35.2 Å². The molecule has 8 heteroatoms. The van der Waals surface area contributed by atoms with Crippen LogP contribution in [0.5, 0.6) is 11.5 Å². The van der Waals surface area contributed by atoms with Gasteiger partial charge in [-0.3, -0.25) is 9.52 Å². The molecule has 0 spiro atoms. The fourth-order valence-electron chi connectivity index (χ4n) is 3.07. The molecule has 7 nitrogen and oxygen atoms in total. The van der Waals surface area contributed by atoms with Gasteiger partial charge in [-0.1, -0.05) is 6.07 Å². The fourth-order valence-corrected chi connectivity index (χ4v) is 4.14. The van der Waals surface area contributed by atoms with E-state index in [1.165, 1.54) is 19.2 Å². The number of nitrogens with zero attached hydrogens (tertiary/aromatic N) is 1. The first-order chi connectivity index (χ1) is 13.3. The smallest absolute Gasteiger partial charge is 0.261 e. The summed E-state index contributed by atoms with van der Waals surface area (Å²) in [6.45, 7) is 4.34. The number of hydrogen-bond acceptors (Lipinski definition) is 5. The second-order valence-electron chi connectivity index (χ2n) is 6.78. The molecule has 0 aromatic heterocycles. The first kappa shape index (κ1) is 20.0. The lowest BCUT2D eigenvalue weighted by atomic mass is 10.2. The molecule has 28 heavy (non-hydrogen) atoms. The summed E-state index contributed by atoms with van der Waals surface area (Å²) in [6, 6.07) is 11.3. The van der Waals surface area contributed by atoms with E-state index >= 15 is 0 Å². The highest BCUT2D eigenvalue weighted by atomic mass is 32.2. The quantitative estimate of drug-likeness (QED) is 0.764. The number of sulfonamides is 1. The van der Waals surface area contributed by atoms with E-state index in [0.29, 0.717) is 35.8 Å². The highest BCUT2D eigenvalue weighted by Crippen LogP contribution is 2.34. The molecule has 1 N–H and O–H groups in total. The minimum absolute atomic E-state index is 0.0194. The number of rotatable bonds is 7. The number of amides is 1. The molecule has 1 aliphatic rings. The third-order valence-corrected chi connectivity index (χ3v) is 5.66. The summed E-state index contributed by atoms with van der Waals surface area (Å²) in [6.07, 6.45) is 1.16. The van der Waals surface area contributed by atoms with Crippen molar-refractivity contribution < 1.29 is 22.7 Å². The van der Waals surface area contributed by atoms with Gasteiger partial charge in [-0.15, -0.1) is 0 Å². The van der Waals surface area contributed by atoms with Crippen molar-refractivity contribution in [3.8, 4) is 11.5 Å². The molecule has 1 saturated heterocycles. The molecule has 3 rings (SSSR count). The Bertz CT molecular complexity index is 972. The Morgan fingerprint density at radius 2 is 1.93 bits per heavy atom. The van der Waals surface area contributed by atoms with Crippen molar-refractivity contribution in [2.75, 3.05) is 23.3 Å². The number of anilines is 2. The van der Waals surface area contributed by atoms with Crippen LogP contribution >= 0.6 is 0 Å². The van der Waals surface area contributed by atoms with Crippen LogP contribution < -0.4 is 19.1 Å². The molecular formula is C20H24N2O5S. The number of carbonyl (C=O) groups excluding carboxylic acids is 1. The number of carbonyl (C=O) groups is 1. The molecule has 0 radical (unpaired) electrons. The third-order valence-electron chi connectivity index (χ3n) is 4.28. The normalized spacial score (nSPS) is 14.4. The number of benzene rings is 2. The highest BCUT2D eigenvalue weighted by molar-refractivity contribution is 7.92. The van der Waals surface area contributed by atoms with E-state index in [2.05, 4.69) is 4.72 Å². The summed E-state index contributed by atoms with van der Waals surface area (Å²) in [5.41, 5.74) is 0.859. The molecule has 1 heterocycles. The first-order valence-electron chi connectivity index (χ1n) is 9.08. The Morgan fingerprint density at radius 1 is 1.14 bits per heavy atom. The van der Waals surface area contributed by atoms with Crippen LogP contribution in [-0.4, -0.2) is 34.1 Å². The maximum atomic E-state index is 12.9. The molecular weight excluding hydrogens is 380 g/mol. The lowest BCUT2D eigenvalue weighted by Gasteiger charge is -2.20. The maximum absolute atomic E-state index is 12.9. The minimum atomic E-state index is -3.85. The zero-order valence-corrected chi connectivity index (χ0v) is 17.0. The van der Waals surface area contributed by atoms with Crippen LogP contribution in [0.15, 0.2) is 47.4 Å². The standard InChI is InChI=1S/C20H24N2O5S/c1-14(2)27-16-7-4-6-15(12-16)21-28(24,25)17-9-10-19(26-3)18(13-17)22-11-5-8-20(22)23/h4,6-7,9-10,12-14,21H,5,8,11H2,1-3H3. The summed E-state index contributed by atoms with van der Waals surface area (Å²) in [7, 11) is -2.36. The van der Waals surface area contributed by atoms with Crippen molar-refractivity contribution in [3.63, 3.8) is 0 Å². The van der Waals surface area contributed by atoms with Crippen molar-refractivity contribution in [1.82, 2.24) is 0 Å². The Kier molecular flexibility index (Phi) is 5.79. The molecule has 150 valence electrons. The van der Waals surface area contributed by atoms with Crippen LogP contribution in [-0.2, 0) is 14.8 Å². The van der Waals surface area contributed by atoms with Gasteiger partial charge in [-0.2, -0.15) is 0 Å². The summed E-state index contributed by atoms with van der Waals surface area (Å²) in [5.74, 6) is 0.995. The van der Waals surface area contributed by atoms with Gasteiger partial charge < -0.3 is 14.4 Å². The highest BCUT2D eigenvalue weighted by Gasteiger charge is 2.26. The summed E-state index contributed by atoms with van der Waals surface area (Å²) in [5, 5.41) is 0. The summed E-state index contributed by atoms with van der Waals surface area (Å²) >= 11 is 0. The van der Waals surface area contributed by atoms with Gasteiger partial charge in [0.1, 0.15) is 11.5 Å². The van der Waals surface area contributed by atoms with Crippen molar-refractivity contribution in [2.24, 2.45) is 0 Å². The van der Waals surface area contributed by atoms with Gasteiger partial charge in [-0.05, 0) is 50.6 Å². The van der Waals surface area contributed by atoms with E-state index in [0.717, 1.165) is 6.42 Å². The van der Waals surface area contributed by atoms with Gasteiger partial charge in [0.2, 0.25) is 5.91 Å². The van der Waals surface area contributed by atoms with Crippen LogP contribution in [0.3, 0.4) is 0 Å². The minimum Gasteiger partial charge on any atom is -0.495 e. The van der Waals surface area contributed by atoms with E-state index in [9.17, 15) is 13.2 Å². The fraction of sp³-hybridized carbons (Fsp3) is 0.350. The molecule has 2 aromatic rings. The number of methoxy groups -OCH3 is 1. The lowest BCUT2D eigenvalue weighted by molar-refractivity contribution is -0.117. The maximum Gasteiger partial charge on any atom is 0.261 e. The third kappa shape index (κ3) is 4.39. The predicted octanol–water partition coefficient (Wildman–Crippen LogP) is 3.41. The average molecular weight is 404 g/mol. The van der Waals surface area contributed by atoms with Gasteiger partial charge in [0.25, 0.3) is 10.0 Å². The molecule has 0 atom stereocenters. The van der Waals surface area contributed by atoms with E-state index in [4.69, 9.17) is 9.47 Å². The molecule has 2 aromatic carbocycles. The van der Waals surface area contributed by atoms with Gasteiger partial charge in [0, 0.05) is 19.0 Å². The first-order valence-corrected chi connectivity index (χ1v) is 10.6. The molecule has 1 aliphatic heterocycles. The Balaban J connectivity index is 1.91. The summed E-state index contributed by atoms with van der Waals surface area (Å²) < 4.78 is 39.3. The zero-order chi connectivity index (χ0) is 20.3. The topological polar surface area (TPSA) is 84.9 Å². The zero-order valence-electron chi connectivity index (χ0n) is 16.1. The monoisotopic (exact) mass is 404 g/mol. The summed E-state index contributed by atoms with van der Waals surface area (Å²) in [4.78, 5) is 13.7. The molecule has 1 fully saturated rings. The Hall–Kier alpha value is -2.74. The predicted molar refractivity (Wildman–Crippen MR) is 108 cm³/mol. The number of ether oxygens (including phenoxy) is 2. The van der Waals surface area contributed by atoms with Crippen molar-refractivity contribution in [2.45, 2.75) is 37.7 Å². The Labute approximate surface area is 165 Å². The number of nitrogens with one attached hydrogen (secondary N) is 1. The van der Waals surface area contributed by atoms with Gasteiger partial charge in [0.05, 0.1) is 29.5 Å². The largest absolute Gasteiger partial charge is 0.495 e. The lowest BCUT2D eigenvalue weighted by Crippen LogP contribution is -2.24. The van der Waals surface area contributed by atoms with Gasteiger partial charge >= 0.3 is 0 Å². The van der Waals surface area contributed by atoms with Crippen LogP contribution in [0.25, 0.3) is 0 Å². The molecule has 0 aliphatic carbocycles. The molecule has 1 amide bonds. The Morgan fingerprint density at radius 3 is 2.57 bits per heavy atom. The van der Waals surface area contributed by atoms with Crippen molar-refractivity contribution >= 4 is 27.3 Å². The van der Waals surface area contributed by atoms with Crippen molar-refractivity contribution in [3.05, 3.63) is 42.5 Å². The van der Waals surface area contributed by atoms with Gasteiger partial charge in [0.15, 0.2) is 0 Å². The van der Waals surface area contributed by atoms with E-state index < -0.39 is 10.0 Å². The van der Waals surface area contributed by atoms with Crippen LogP contribution in [0.2, 0.25) is 0 Å². The van der Waals surface area contributed by atoms with Gasteiger partial charge in [-0.25, -0.2) is 8.42 Å². The van der Waals surface area contributed by atoms with Crippen LogP contribution in [0.1, 0.15) is 26.7 Å². The average Bonchev–Trinajstić information content (AvgIpc) is 3.06. The second kappa shape index (κ2) is 8.10. The molecule has 0 saturated carbocycles. The van der Waals surface area contributed by atoms with E-state index in [-0.39, 0.29) is 16.9 Å². The second-order valence-corrected chi connectivity index (χ2v) is 8.46. The van der Waals surface area contributed by atoms with Crippen LogP contribution in [0, 0.1) is 0 Å². The number of hydrogen-bond donors (Lipinski definition) is 1. The molecule has 0 bridgehead atoms. The van der Waals surface area contributed by atoms with E-state index in [1.807, 2.05) is 13.8 Å².